The van der Waals surface area contributed by atoms with Crippen LogP contribution < -0.4 is 5.32 Å². The molecule has 154 valence electrons. The van der Waals surface area contributed by atoms with Crippen LogP contribution in [0.3, 0.4) is 0 Å². The molecule has 3 aromatic rings. The van der Waals surface area contributed by atoms with E-state index in [9.17, 15) is 4.39 Å². The Balaban J connectivity index is 1.50. The monoisotopic (exact) mass is 400 g/mol. The minimum Gasteiger partial charge on any atom is -0.308 e. The summed E-state index contributed by atoms with van der Waals surface area (Å²) in [6, 6.07) is 29.6. The van der Waals surface area contributed by atoms with Gasteiger partial charge in [0.25, 0.3) is 0 Å². The van der Waals surface area contributed by atoms with Crippen LogP contribution in [0.15, 0.2) is 84.9 Å². The largest absolute Gasteiger partial charge is 0.308 e. The average Bonchev–Trinajstić information content (AvgIpc) is 2.81. The van der Waals surface area contributed by atoms with Gasteiger partial charge < -0.3 is 5.32 Å². The lowest BCUT2D eigenvalue weighted by Gasteiger charge is -2.54. The summed E-state index contributed by atoms with van der Waals surface area (Å²) in [5.41, 5.74) is 3.47. The van der Waals surface area contributed by atoms with Crippen LogP contribution in [0.4, 0.5) is 4.39 Å². The Morgan fingerprint density at radius 3 is 1.97 bits per heavy atom. The number of piperidine rings is 3. The second kappa shape index (κ2) is 8.71. The normalized spacial score (nSPS) is 25.5. The molecule has 0 spiro atoms. The maximum Gasteiger partial charge on any atom is 0.127 e. The fraction of sp³-hybridized carbons (Fsp3) is 0.333. The molecule has 3 aliphatic heterocycles. The Morgan fingerprint density at radius 1 is 0.800 bits per heavy atom. The van der Waals surface area contributed by atoms with E-state index in [0.29, 0.717) is 30.5 Å². The number of nitrogens with zero attached hydrogens (tertiary/aromatic N) is 1. The number of benzene rings is 3. The smallest absolute Gasteiger partial charge is 0.127 e. The van der Waals surface area contributed by atoms with Gasteiger partial charge in [-0.3, -0.25) is 4.90 Å². The van der Waals surface area contributed by atoms with Crippen molar-refractivity contribution in [2.75, 3.05) is 13.1 Å². The van der Waals surface area contributed by atoms with Crippen molar-refractivity contribution in [3.8, 4) is 0 Å². The zero-order valence-electron chi connectivity index (χ0n) is 17.3. The Labute approximate surface area is 178 Å². The van der Waals surface area contributed by atoms with E-state index in [0.717, 1.165) is 18.7 Å². The van der Waals surface area contributed by atoms with E-state index >= 15 is 0 Å². The lowest BCUT2D eigenvalue weighted by molar-refractivity contribution is 0.00459. The third-order valence-corrected chi connectivity index (χ3v) is 7.02. The molecular formula is C27H29FN2. The maximum atomic E-state index is 14.3. The Hall–Kier alpha value is -2.49. The van der Waals surface area contributed by atoms with Gasteiger partial charge in [-0.1, -0.05) is 78.9 Å². The molecule has 2 bridgehead atoms. The molecule has 3 aliphatic rings. The maximum absolute atomic E-state index is 14.3. The summed E-state index contributed by atoms with van der Waals surface area (Å²) in [7, 11) is 0. The Kier molecular flexibility index (Phi) is 5.65. The molecule has 3 heteroatoms. The second-order valence-corrected chi connectivity index (χ2v) is 8.66. The molecule has 2 atom stereocenters. The van der Waals surface area contributed by atoms with Crippen LogP contribution in [0.1, 0.15) is 35.4 Å². The van der Waals surface area contributed by atoms with Gasteiger partial charge in [0.1, 0.15) is 5.82 Å². The Bertz CT molecular complexity index is 911. The summed E-state index contributed by atoms with van der Waals surface area (Å²) in [6.07, 6.45) is 2.45. The lowest BCUT2D eigenvalue weighted by Crippen LogP contribution is -2.64. The first-order chi connectivity index (χ1) is 14.8. The quantitative estimate of drug-likeness (QED) is 0.611. The molecule has 1 N–H and O–H groups in total. The molecule has 30 heavy (non-hydrogen) atoms. The zero-order valence-corrected chi connectivity index (χ0v) is 17.3. The highest BCUT2D eigenvalue weighted by molar-refractivity contribution is 5.36. The predicted octanol–water partition coefficient (Wildman–Crippen LogP) is 5.21. The molecule has 0 saturated carbocycles. The minimum absolute atomic E-state index is 0.120. The number of rotatable bonds is 6. The van der Waals surface area contributed by atoms with Crippen molar-refractivity contribution in [2.24, 2.45) is 5.92 Å². The van der Waals surface area contributed by atoms with Crippen LogP contribution >= 0.6 is 0 Å². The van der Waals surface area contributed by atoms with Crippen LogP contribution in [0.2, 0.25) is 0 Å². The van der Waals surface area contributed by atoms with Crippen LogP contribution in [-0.2, 0) is 6.54 Å². The number of hydrogen-bond acceptors (Lipinski definition) is 2. The van der Waals surface area contributed by atoms with Crippen LogP contribution in [0.5, 0.6) is 0 Å². The van der Waals surface area contributed by atoms with Gasteiger partial charge in [-0.15, -0.1) is 0 Å². The molecule has 0 amide bonds. The summed E-state index contributed by atoms with van der Waals surface area (Å²) in [5, 5.41) is 3.80. The summed E-state index contributed by atoms with van der Waals surface area (Å²) in [4.78, 5) is 2.67. The summed E-state index contributed by atoms with van der Waals surface area (Å²) in [5.74, 6) is 0.820. The van der Waals surface area contributed by atoms with Gasteiger partial charge in [0.05, 0.1) is 0 Å². The molecular weight excluding hydrogens is 371 g/mol. The van der Waals surface area contributed by atoms with Crippen molar-refractivity contribution in [3.05, 3.63) is 107 Å². The van der Waals surface area contributed by atoms with E-state index < -0.39 is 0 Å². The van der Waals surface area contributed by atoms with Crippen molar-refractivity contribution in [1.82, 2.24) is 10.2 Å². The molecule has 2 nitrogen and oxygen atoms in total. The predicted molar refractivity (Wildman–Crippen MR) is 120 cm³/mol. The third-order valence-electron chi connectivity index (χ3n) is 7.02. The SMILES string of the molecule is Fc1ccccc1CN[C@@H]1C2CCN(CC2)[C@H]1C(c1ccccc1)c1ccccc1. The molecule has 0 radical (unpaired) electrons. The van der Waals surface area contributed by atoms with Gasteiger partial charge >= 0.3 is 0 Å². The van der Waals surface area contributed by atoms with Gasteiger partial charge in [0.2, 0.25) is 0 Å². The van der Waals surface area contributed by atoms with Gasteiger partial charge in [-0.05, 0) is 49.0 Å². The van der Waals surface area contributed by atoms with Gasteiger partial charge in [0.15, 0.2) is 0 Å². The van der Waals surface area contributed by atoms with E-state index in [2.05, 4.69) is 70.9 Å². The van der Waals surface area contributed by atoms with E-state index in [1.807, 2.05) is 12.1 Å². The molecule has 3 heterocycles. The first kappa shape index (κ1) is 19.5. The fourth-order valence-corrected chi connectivity index (χ4v) is 5.57. The van der Waals surface area contributed by atoms with Crippen molar-refractivity contribution in [2.45, 2.75) is 37.4 Å². The van der Waals surface area contributed by atoms with E-state index in [1.54, 1.807) is 12.1 Å². The third kappa shape index (κ3) is 3.80. The highest BCUT2D eigenvalue weighted by Crippen LogP contribution is 2.42. The van der Waals surface area contributed by atoms with Crippen LogP contribution in [0, 0.1) is 11.7 Å². The fourth-order valence-electron chi connectivity index (χ4n) is 5.57. The first-order valence-corrected chi connectivity index (χ1v) is 11.1. The second-order valence-electron chi connectivity index (χ2n) is 8.66. The van der Waals surface area contributed by atoms with Crippen LogP contribution in [0.25, 0.3) is 0 Å². The van der Waals surface area contributed by atoms with Gasteiger partial charge in [0, 0.05) is 30.1 Å². The minimum atomic E-state index is -0.120. The highest BCUT2D eigenvalue weighted by Gasteiger charge is 2.46. The summed E-state index contributed by atoms with van der Waals surface area (Å²) < 4.78 is 14.3. The van der Waals surface area contributed by atoms with Gasteiger partial charge in [-0.2, -0.15) is 0 Å². The molecule has 0 unspecified atom stereocenters. The van der Waals surface area contributed by atoms with Crippen molar-refractivity contribution in [3.63, 3.8) is 0 Å². The molecule has 0 aliphatic carbocycles. The number of hydrogen-bond donors (Lipinski definition) is 1. The highest BCUT2D eigenvalue weighted by atomic mass is 19.1. The lowest BCUT2D eigenvalue weighted by atomic mass is 9.70. The van der Waals surface area contributed by atoms with Crippen molar-refractivity contribution < 1.29 is 4.39 Å². The number of halogens is 1. The molecule has 3 saturated heterocycles. The van der Waals surface area contributed by atoms with E-state index in [1.165, 1.54) is 24.0 Å². The topological polar surface area (TPSA) is 15.3 Å². The first-order valence-electron chi connectivity index (χ1n) is 11.1. The summed E-state index contributed by atoms with van der Waals surface area (Å²) in [6.45, 7) is 2.89. The van der Waals surface area contributed by atoms with Crippen molar-refractivity contribution >= 4 is 0 Å². The van der Waals surface area contributed by atoms with E-state index in [-0.39, 0.29) is 5.82 Å². The summed E-state index contributed by atoms with van der Waals surface area (Å²) >= 11 is 0. The molecule has 3 fully saturated rings. The zero-order chi connectivity index (χ0) is 20.3. The van der Waals surface area contributed by atoms with Crippen LogP contribution in [-0.4, -0.2) is 30.1 Å². The van der Waals surface area contributed by atoms with Crippen molar-refractivity contribution in [1.29, 1.82) is 0 Å². The number of nitrogens with one attached hydrogen (secondary N) is 1. The van der Waals surface area contributed by atoms with E-state index in [4.69, 9.17) is 0 Å². The Morgan fingerprint density at radius 2 is 1.37 bits per heavy atom. The molecule has 3 aromatic carbocycles. The average molecular weight is 401 g/mol. The van der Waals surface area contributed by atoms with Gasteiger partial charge in [-0.25, -0.2) is 4.39 Å². The number of fused-ring (bicyclic) bond motifs is 3. The molecule has 0 aromatic heterocycles. The molecule has 6 rings (SSSR count). The standard InChI is InChI=1S/C27H29FN2/c28-24-14-8-7-13-23(24)19-29-26-22-15-17-30(18-16-22)27(26)25(20-9-3-1-4-10-20)21-11-5-2-6-12-21/h1-14,22,25-27,29H,15-19H2/t26-,27+/m1/s1.